The number of unbranched alkanes of at least 4 members (excludes halogenated alkanes) is 1. The number of pyridine rings is 1. The Morgan fingerprint density at radius 2 is 2.04 bits per heavy atom. The van der Waals surface area contributed by atoms with Gasteiger partial charge in [-0.15, -0.1) is 0 Å². The lowest BCUT2D eigenvalue weighted by Gasteiger charge is -2.12. The van der Waals surface area contributed by atoms with Crippen LogP contribution in [-0.4, -0.2) is 37.3 Å². The van der Waals surface area contributed by atoms with Crippen molar-refractivity contribution in [2.75, 3.05) is 32.7 Å². The normalized spacial score (nSPS) is 10.6. The van der Waals surface area contributed by atoms with Crippen molar-refractivity contribution in [2.24, 2.45) is 0 Å². The Bertz CT molecular complexity index is 783. The zero-order chi connectivity index (χ0) is 19.1. The molecule has 2 aromatic rings. The lowest BCUT2D eigenvalue weighted by Crippen LogP contribution is -2.08. The van der Waals surface area contributed by atoms with Gasteiger partial charge in [0.05, 0.1) is 17.6 Å². The van der Waals surface area contributed by atoms with E-state index in [9.17, 15) is 14.5 Å². The van der Waals surface area contributed by atoms with E-state index in [1.807, 2.05) is 0 Å². The smallest absolute Gasteiger partial charge is 0.319 e. The van der Waals surface area contributed by atoms with Crippen LogP contribution in [0.3, 0.4) is 0 Å². The number of nitro groups is 1. The summed E-state index contributed by atoms with van der Waals surface area (Å²) in [6.45, 7) is 2.90. The molecule has 0 atom stereocenters. The van der Waals surface area contributed by atoms with Gasteiger partial charge in [-0.05, 0) is 49.1 Å². The molecule has 0 saturated heterocycles. The average molecular weight is 363 g/mol. The maximum Gasteiger partial charge on any atom is 0.319 e. The molecular formula is C18H22FN3O4. The number of benzene rings is 1. The fourth-order valence-corrected chi connectivity index (χ4v) is 2.67. The first-order chi connectivity index (χ1) is 12.5. The molecule has 0 unspecified atom stereocenters. The molecule has 0 bridgehead atoms. The van der Waals surface area contributed by atoms with Crippen LogP contribution in [0.2, 0.25) is 0 Å². The van der Waals surface area contributed by atoms with Crippen LogP contribution in [0.25, 0.3) is 11.1 Å². The molecule has 0 spiro atoms. The summed E-state index contributed by atoms with van der Waals surface area (Å²) < 4.78 is 24.1. The molecule has 8 heteroatoms. The van der Waals surface area contributed by atoms with E-state index in [4.69, 9.17) is 9.47 Å². The molecule has 1 heterocycles. The number of halogens is 1. The van der Waals surface area contributed by atoms with Crippen LogP contribution in [0.1, 0.15) is 18.4 Å². The summed E-state index contributed by atoms with van der Waals surface area (Å²) in [4.78, 5) is 15.2. The number of nitrogens with one attached hydrogen (secondary N) is 1. The Balaban J connectivity index is 2.39. The molecule has 0 aliphatic rings. The number of anilines is 1. The van der Waals surface area contributed by atoms with Gasteiger partial charge in [0.2, 0.25) is 5.82 Å². The molecule has 0 radical (unpaired) electrons. The Morgan fingerprint density at radius 1 is 1.27 bits per heavy atom. The maximum absolute atomic E-state index is 14.1. The zero-order valence-electron chi connectivity index (χ0n) is 15.0. The maximum atomic E-state index is 14.1. The first-order valence-electron chi connectivity index (χ1n) is 8.20. The number of ether oxygens (including phenoxy) is 2. The molecule has 0 amide bonds. The van der Waals surface area contributed by atoms with Crippen LogP contribution in [0.5, 0.6) is 5.75 Å². The molecule has 0 aliphatic heterocycles. The van der Waals surface area contributed by atoms with Gasteiger partial charge in [0.25, 0.3) is 0 Å². The van der Waals surface area contributed by atoms with Gasteiger partial charge >= 0.3 is 5.69 Å². The standard InChI is InChI=1S/C18H22FN3O4/c1-12-10-16(26-3)15(19)11-14(12)13-6-8-21-18(17(13)22(23)24)20-7-4-5-9-25-2/h6,8,10-11H,4-5,7,9H2,1-3H3,(H,20,21). The fraction of sp³-hybridized carbons (Fsp3) is 0.389. The molecular weight excluding hydrogens is 341 g/mol. The summed E-state index contributed by atoms with van der Waals surface area (Å²) in [5.74, 6) is -0.312. The van der Waals surface area contributed by atoms with Crippen molar-refractivity contribution >= 4 is 11.5 Å². The predicted molar refractivity (Wildman–Crippen MR) is 97.2 cm³/mol. The van der Waals surface area contributed by atoms with E-state index in [2.05, 4.69) is 10.3 Å². The van der Waals surface area contributed by atoms with Gasteiger partial charge in [0.15, 0.2) is 11.6 Å². The lowest BCUT2D eigenvalue weighted by atomic mass is 9.99. The van der Waals surface area contributed by atoms with Crippen molar-refractivity contribution in [3.8, 4) is 16.9 Å². The SMILES string of the molecule is COCCCCNc1nccc(-c2cc(F)c(OC)cc2C)c1[N+](=O)[O-]. The molecule has 140 valence electrons. The highest BCUT2D eigenvalue weighted by atomic mass is 19.1. The van der Waals surface area contributed by atoms with Crippen LogP contribution in [0, 0.1) is 22.9 Å². The van der Waals surface area contributed by atoms with Gasteiger partial charge in [-0.3, -0.25) is 10.1 Å². The summed E-state index contributed by atoms with van der Waals surface area (Å²) in [7, 11) is 3.00. The number of hydrogen-bond acceptors (Lipinski definition) is 6. The topological polar surface area (TPSA) is 86.5 Å². The van der Waals surface area contributed by atoms with Gasteiger partial charge in [-0.25, -0.2) is 9.37 Å². The molecule has 0 aliphatic carbocycles. The summed E-state index contributed by atoms with van der Waals surface area (Å²) in [5.41, 5.74) is 1.23. The van der Waals surface area contributed by atoms with Gasteiger partial charge in [-0.2, -0.15) is 0 Å². The second-order valence-corrected chi connectivity index (χ2v) is 5.74. The Hall–Kier alpha value is -2.74. The van der Waals surface area contributed by atoms with Crippen molar-refractivity contribution < 1.29 is 18.8 Å². The summed E-state index contributed by atoms with van der Waals surface area (Å²) >= 11 is 0. The number of aromatic nitrogens is 1. The molecule has 0 saturated carbocycles. The van der Waals surface area contributed by atoms with Crippen molar-refractivity contribution in [3.05, 3.63) is 45.9 Å². The number of nitrogens with zero attached hydrogens (tertiary/aromatic N) is 2. The van der Waals surface area contributed by atoms with Crippen LogP contribution in [0.4, 0.5) is 15.9 Å². The van der Waals surface area contributed by atoms with Crippen LogP contribution >= 0.6 is 0 Å². The van der Waals surface area contributed by atoms with E-state index in [0.29, 0.717) is 29.8 Å². The molecule has 1 aromatic heterocycles. The highest BCUT2D eigenvalue weighted by Crippen LogP contribution is 2.38. The van der Waals surface area contributed by atoms with Crippen molar-refractivity contribution in [2.45, 2.75) is 19.8 Å². The first-order valence-corrected chi connectivity index (χ1v) is 8.20. The average Bonchev–Trinajstić information content (AvgIpc) is 2.62. The number of hydrogen-bond donors (Lipinski definition) is 1. The van der Waals surface area contributed by atoms with E-state index in [1.165, 1.54) is 31.5 Å². The molecule has 1 aromatic carbocycles. The van der Waals surface area contributed by atoms with E-state index in [-0.39, 0.29) is 17.3 Å². The summed E-state index contributed by atoms with van der Waals surface area (Å²) in [5, 5.41) is 14.7. The minimum atomic E-state index is -0.576. The van der Waals surface area contributed by atoms with Crippen molar-refractivity contribution in [1.29, 1.82) is 0 Å². The quantitative estimate of drug-likeness (QED) is 0.412. The first kappa shape index (κ1) is 19.6. The lowest BCUT2D eigenvalue weighted by molar-refractivity contribution is -0.383. The molecule has 2 rings (SSSR count). The monoisotopic (exact) mass is 363 g/mol. The summed E-state index contributed by atoms with van der Waals surface area (Å²) in [6.07, 6.45) is 3.09. The third-order valence-electron chi connectivity index (χ3n) is 3.96. The van der Waals surface area contributed by atoms with Gasteiger partial charge in [0, 0.05) is 26.5 Å². The number of methoxy groups -OCH3 is 2. The molecule has 26 heavy (non-hydrogen) atoms. The van der Waals surface area contributed by atoms with Gasteiger partial charge in [-0.1, -0.05) is 0 Å². The van der Waals surface area contributed by atoms with Crippen molar-refractivity contribution in [3.63, 3.8) is 0 Å². The van der Waals surface area contributed by atoms with E-state index in [1.54, 1.807) is 14.0 Å². The summed E-state index contributed by atoms with van der Waals surface area (Å²) in [6, 6.07) is 4.29. The zero-order valence-corrected chi connectivity index (χ0v) is 15.0. The minimum Gasteiger partial charge on any atom is -0.494 e. The molecule has 7 nitrogen and oxygen atoms in total. The second-order valence-electron chi connectivity index (χ2n) is 5.74. The van der Waals surface area contributed by atoms with Crippen LogP contribution in [0.15, 0.2) is 24.4 Å². The largest absolute Gasteiger partial charge is 0.494 e. The highest BCUT2D eigenvalue weighted by Gasteiger charge is 2.24. The minimum absolute atomic E-state index is 0.0967. The van der Waals surface area contributed by atoms with Gasteiger partial charge < -0.3 is 14.8 Å². The Labute approximate surface area is 151 Å². The van der Waals surface area contributed by atoms with E-state index in [0.717, 1.165) is 12.8 Å². The number of aryl methyl sites for hydroxylation is 1. The third-order valence-corrected chi connectivity index (χ3v) is 3.96. The molecule has 0 fully saturated rings. The van der Waals surface area contributed by atoms with Crippen LogP contribution in [-0.2, 0) is 4.74 Å². The van der Waals surface area contributed by atoms with E-state index < -0.39 is 10.7 Å². The molecule has 1 N–H and O–H groups in total. The fourth-order valence-electron chi connectivity index (χ4n) is 2.67. The second kappa shape index (κ2) is 9.10. The Morgan fingerprint density at radius 3 is 2.69 bits per heavy atom. The Kier molecular flexibility index (Phi) is 6.85. The van der Waals surface area contributed by atoms with Crippen molar-refractivity contribution in [1.82, 2.24) is 4.98 Å². The van der Waals surface area contributed by atoms with Crippen LogP contribution < -0.4 is 10.1 Å². The highest BCUT2D eigenvalue weighted by molar-refractivity contribution is 5.82. The van der Waals surface area contributed by atoms with Gasteiger partial charge in [0.1, 0.15) is 0 Å². The number of rotatable bonds is 9. The predicted octanol–water partition coefficient (Wildman–Crippen LogP) is 3.95. The third kappa shape index (κ3) is 4.45. The van der Waals surface area contributed by atoms with E-state index >= 15 is 0 Å².